The molecule has 0 saturated carbocycles. The monoisotopic (exact) mass is 363 g/mol. The highest BCUT2D eigenvalue weighted by atomic mass is 127. The Balaban J connectivity index is 2.29. The Morgan fingerprint density at radius 1 is 1.05 bits per heavy atom. The fraction of sp³-hybridized carbons (Fsp3) is 0.133. The summed E-state index contributed by atoms with van der Waals surface area (Å²) in [5, 5.41) is 0. The Hall–Kier alpha value is -1.56. The van der Waals surface area contributed by atoms with E-state index < -0.39 is 0 Å². The van der Waals surface area contributed by atoms with Crippen LogP contribution in [0.25, 0.3) is 16.7 Å². The average Bonchev–Trinajstić information content (AvgIpc) is 2.68. The molecule has 0 atom stereocenters. The Bertz CT molecular complexity index is 774. The molecule has 1 aromatic heterocycles. The summed E-state index contributed by atoms with van der Waals surface area (Å²) in [6.45, 7) is 4.22. The number of hydrogen-bond acceptors (Lipinski definition) is 2. The van der Waals surface area contributed by atoms with Gasteiger partial charge >= 0.3 is 0 Å². The second-order valence-electron chi connectivity index (χ2n) is 4.71. The summed E-state index contributed by atoms with van der Waals surface area (Å²) >= 11 is 2.28. The molecule has 0 amide bonds. The van der Waals surface area contributed by atoms with Gasteiger partial charge in [-0.1, -0.05) is 6.07 Å². The van der Waals surface area contributed by atoms with Crippen molar-refractivity contribution in [1.82, 2.24) is 9.55 Å². The van der Waals surface area contributed by atoms with Crippen LogP contribution in [-0.2, 0) is 0 Å². The van der Waals surface area contributed by atoms with Gasteiger partial charge < -0.3 is 5.73 Å². The lowest BCUT2D eigenvalue weighted by Gasteiger charge is -2.09. The molecule has 3 rings (SSSR count). The van der Waals surface area contributed by atoms with E-state index >= 15 is 0 Å². The number of imidazole rings is 1. The van der Waals surface area contributed by atoms with Crippen LogP contribution in [0.3, 0.4) is 0 Å². The second-order valence-corrected chi connectivity index (χ2v) is 5.95. The van der Waals surface area contributed by atoms with Crippen molar-refractivity contribution < 1.29 is 0 Å². The Morgan fingerprint density at radius 2 is 1.84 bits per heavy atom. The van der Waals surface area contributed by atoms with Crippen LogP contribution in [0, 0.1) is 17.4 Å². The molecule has 0 unspecified atom stereocenters. The number of hydrogen-bond donors (Lipinski definition) is 1. The maximum atomic E-state index is 6.07. The molecule has 3 aromatic rings. The van der Waals surface area contributed by atoms with Crippen LogP contribution >= 0.6 is 22.6 Å². The number of nitrogens with zero attached hydrogens (tertiary/aromatic N) is 2. The van der Waals surface area contributed by atoms with Gasteiger partial charge in [0.1, 0.15) is 0 Å². The highest BCUT2D eigenvalue weighted by molar-refractivity contribution is 14.1. The molecular weight excluding hydrogens is 349 g/mol. The quantitative estimate of drug-likeness (QED) is 0.668. The predicted molar refractivity (Wildman–Crippen MR) is 87.7 cm³/mol. The molecule has 96 valence electrons. The van der Waals surface area contributed by atoms with Crippen molar-refractivity contribution >= 4 is 39.6 Å². The molecule has 4 heteroatoms. The van der Waals surface area contributed by atoms with Crippen molar-refractivity contribution in [2.24, 2.45) is 0 Å². The molecule has 3 nitrogen and oxygen atoms in total. The number of aryl methyl sites for hydroxylation is 2. The minimum atomic E-state index is 0.528. The lowest BCUT2D eigenvalue weighted by atomic mass is 10.1. The van der Waals surface area contributed by atoms with Gasteiger partial charge in [-0.25, -0.2) is 4.98 Å². The van der Waals surface area contributed by atoms with Gasteiger partial charge in [0.25, 0.3) is 0 Å². The highest BCUT2D eigenvalue weighted by Crippen LogP contribution is 2.25. The number of rotatable bonds is 1. The summed E-state index contributed by atoms with van der Waals surface area (Å²) in [5.74, 6) is 0.528. The van der Waals surface area contributed by atoms with Gasteiger partial charge in [-0.15, -0.1) is 0 Å². The van der Waals surface area contributed by atoms with Crippen molar-refractivity contribution in [3.05, 3.63) is 51.1 Å². The van der Waals surface area contributed by atoms with Gasteiger partial charge in [-0.2, -0.15) is 0 Å². The normalized spacial score (nSPS) is 11.1. The molecule has 1 heterocycles. The Morgan fingerprint density at radius 3 is 2.58 bits per heavy atom. The largest absolute Gasteiger partial charge is 0.369 e. The summed E-state index contributed by atoms with van der Waals surface area (Å²) in [4.78, 5) is 4.44. The number of benzene rings is 2. The third kappa shape index (κ3) is 2.10. The summed E-state index contributed by atoms with van der Waals surface area (Å²) in [7, 11) is 0. The number of fused-ring (bicyclic) bond motifs is 1. The fourth-order valence-electron chi connectivity index (χ4n) is 2.21. The third-order valence-corrected chi connectivity index (χ3v) is 4.06. The zero-order valence-electron chi connectivity index (χ0n) is 10.8. The zero-order chi connectivity index (χ0) is 13.6. The zero-order valence-corrected chi connectivity index (χ0v) is 13.0. The van der Waals surface area contributed by atoms with Crippen molar-refractivity contribution in [2.75, 3.05) is 5.73 Å². The Kier molecular flexibility index (Phi) is 2.97. The lowest BCUT2D eigenvalue weighted by Crippen LogP contribution is -2.01. The summed E-state index contributed by atoms with van der Waals surface area (Å²) < 4.78 is 3.16. The standard InChI is InChI=1S/C15H14IN3/c1-9-3-5-12(7-10(9)2)19-14-6-4-11(16)8-13(14)18-15(19)17/h3-8H,1-2H3,(H2,17,18). The minimum absolute atomic E-state index is 0.528. The van der Waals surface area contributed by atoms with E-state index in [1.165, 1.54) is 11.1 Å². The molecule has 0 fully saturated rings. The molecule has 0 saturated heterocycles. The molecule has 0 spiro atoms. The maximum Gasteiger partial charge on any atom is 0.205 e. The van der Waals surface area contributed by atoms with Crippen LogP contribution in [0.4, 0.5) is 5.95 Å². The predicted octanol–water partition coefficient (Wildman–Crippen LogP) is 3.83. The lowest BCUT2D eigenvalue weighted by molar-refractivity contribution is 1.10. The summed E-state index contributed by atoms with van der Waals surface area (Å²) in [6.07, 6.45) is 0. The van der Waals surface area contributed by atoms with Crippen LogP contribution < -0.4 is 5.73 Å². The van der Waals surface area contributed by atoms with E-state index in [4.69, 9.17) is 5.73 Å². The molecule has 0 radical (unpaired) electrons. The van der Waals surface area contributed by atoms with Crippen molar-refractivity contribution in [1.29, 1.82) is 0 Å². The van der Waals surface area contributed by atoms with E-state index in [1.807, 2.05) is 10.6 Å². The van der Waals surface area contributed by atoms with E-state index in [1.54, 1.807) is 0 Å². The van der Waals surface area contributed by atoms with Gasteiger partial charge in [0.2, 0.25) is 5.95 Å². The number of nitrogen functional groups attached to an aromatic ring is 1. The minimum Gasteiger partial charge on any atom is -0.369 e. The van der Waals surface area contributed by atoms with Gasteiger partial charge in [0.05, 0.1) is 11.0 Å². The summed E-state index contributed by atoms with van der Waals surface area (Å²) in [5.41, 5.74) is 11.6. The first kappa shape index (κ1) is 12.5. The van der Waals surface area contributed by atoms with E-state index in [0.29, 0.717) is 5.95 Å². The van der Waals surface area contributed by atoms with Crippen molar-refractivity contribution in [3.8, 4) is 5.69 Å². The van der Waals surface area contributed by atoms with Gasteiger partial charge in [0, 0.05) is 9.26 Å². The second kappa shape index (κ2) is 4.52. The van der Waals surface area contributed by atoms with Crippen LogP contribution in [0.15, 0.2) is 36.4 Å². The number of halogens is 1. The highest BCUT2D eigenvalue weighted by Gasteiger charge is 2.10. The molecule has 19 heavy (non-hydrogen) atoms. The number of aromatic nitrogens is 2. The van der Waals surface area contributed by atoms with Crippen molar-refractivity contribution in [2.45, 2.75) is 13.8 Å². The molecule has 2 N–H and O–H groups in total. The average molecular weight is 363 g/mol. The van der Waals surface area contributed by atoms with Crippen LogP contribution in [0.1, 0.15) is 11.1 Å². The molecule has 0 aliphatic heterocycles. The molecule has 0 bridgehead atoms. The number of anilines is 1. The van der Waals surface area contributed by atoms with E-state index in [0.717, 1.165) is 20.3 Å². The van der Waals surface area contributed by atoms with Crippen molar-refractivity contribution in [3.63, 3.8) is 0 Å². The topological polar surface area (TPSA) is 43.8 Å². The van der Waals surface area contributed by atoms with E-state index in [9.17, 15) is 0 Å². The van der Waals surface area contributed by atoms with E-state index in [2.05, 4.69) is 71.8 Å². The first-order valence-corrected chi connectivity index (χ1v) is 7.15. The smallest absolute Gasteiger partial charge is 0.205 e. The molecule has 2 aromatic carbocycles. The third-order valence-electron chi connectivity index (χ3n) is 3.39. The van der Waals surface area contributed by atoms with Gasteiger partial charge in [-0.05, 0) is 77.9 Å². The number of nitrogens with two attached hydrogens (primary N) is 1. The van der Waals surface area contributed by atoms with E-state index in [-0.39, 0.29) is 0 Å². The fourth-order valence-corrected chi connectivity index (χ4v) is 2.68. The first-order valence-electron chi connectivity index (χ1n) is 6.07. The Labute approximate surface area is 125 Å². The summed E-state index contributed by atoms with van der Waals surface area (Å²) in [6, 6.07) is 12.5. The van der Waals surface area contributed by atoms with Gasteiger partial charge in [0.15, 0.2) is 0 Å². The molecule has 0 aliphatic rings. The van der Waals surface area contributed by atoms with Gasteiger partial charge in [-0.3, -0.25) is 4.57 Å². The van der Waals surface area contributed by atoms with Crippen LogP contribution in [0.5, 0.6) is 0 Å². The maximum absolute atomic E-state index is 6.07. The van der Waals surface area contributed by atoms with Crippen LogP contribution in [-0.4, -0.2) is 9.55 Å². The molecular formula is C15H14IN3. The molecule has 0 aliphatic carbocycles. The first-order chi connectivity index (χ1) is 9.06. The van der Waals surface area contributed by atoms with Crippen LogP contribution in [0.2, 0.25) is 0 Å². The SMILES string of the molecule is Cc1ccc(-n2c(N)nc3cc(I)ccc32)cc1C.